The first kappa shape index (κ1) is 18.4. The average molecular weight is 374 g/mol. The fourth-order valence-electron chi connectivity index (χ4n) is 3.03. The number of benzene rings is 2. The van der Waals surface area contributed by atoms with Crippen molar-refractivity contribution in [3.63, 3.8) is 0 Å². The Morgan fingerprint density at radius 2 is 1.85 bits per heavy atom. The van der Waals surface area contributed by atoms with Gasteiger partial charge in [0.25, 0.3) is 0 Å². The Labute approximate surface area is 157 Å². The third kappa shape index (κ3) is 3.59. The second-order valence-electron chi connectivity index (χ2n) is 7.32. The molecular weight excluding hydrogens is 352 g/mol. The van der Waals surface area contributed by atoms with Crippen molar-refractivity contribution in [2.24, 2.45) is 5.16 Å². The van der Waals surface area contributed by atoms with Crippen LogP contribution in [0, 0.1) is 0 Å². The van der Waals surface area contributed by atoms with E-state index in [9.17, 15) is 4.79 Å². The van der Waals surface area contributed by atoms with Crippen LogP contribution in [0.5, 0.6) is 5.75 Å². The fourth-order valence-corrected chi connectivity index (χ4v) is 3.20. The Balaban J connectivity index is 1.68. The summed E-state index contributed by atoms with van der Waals surface area (Å²) in [5.41, 5.74) is 2.68. The maximum Gasteiger partial charge on any atom is 0.372 e. The monoisotopic (exact) mass is 373 g/mol. The highest BCUT2D eigenvalue weighted by atomic mass is 35.5. The number of ether oxygens (including phenoxy) is 1. The van der Waals surface area contributed by atoms with E-state index in [1.807, 2.05) is 12.1 Å². The second kappa shape index (κ2) is 7.09. The minimum atomic E-state index is -0.281. The predicted octanol–water partition coefficient (Wildman–Crippen LogP) is 2.95. The van der Waals surface area contributed by atoms with Gasteiger partial charge in [-0.2, -0.15) is 0 Å². The molecule has 2 aromatic carbocycles. The van der Waals surface area contributed by atoms with Crippen molar-refractivity contribution in [3.05, 3.63) is 58.6 Å². The number of carbonyl (C=O) groups excluding carboxylic acids is 1. The summed E-state index contributed by atoms with van der Waals surface area (Å²) in [6.45, 7) is 7.27. The van der Waals surface area contributed by atoms with Crippen LogP contribution in [0.3, 0.4) is 0 Å². The predicted molar refractivity (Wildman–Crippen MR) is 101 cm³/mol. The van der Waals surface area contributed by atoms with Gasteiger partial charge >= 0.3 is 5.91 Å². The van der Waals surface area contributed by atoms with Crippen LogP contribution in [-0.2, 0) is 10.2 Å². The third-order valence-corrected chi connectivity index (χ3v) is 4.73. The number of rotatable bonds is 4. The van der Waals surface area contributed by atoms with Gasteiger partial charge in [-0.05, 0) is 35.2 Å². The van der Waals surface area contributed by atoms with E-state index in [1.165, 1.54) is 5.56 Å². The van der Waals surface area contributed by atoms with Gasteiger partial charge in [0, 0.05) is 11.1 Å². The highest BCUT2D eigenvalue weighted by molar-refractivity contribution is 6.46. The smallest absolute Gasteiger partial charge is 0.372 e. The number of halogens is 1. The molecule has 0 spiro atoms. The number of oxime groups is 1. The minimum absolute atomic E-state index is 0.0343. The molecule has 0 bridgehead atoms. The summed E-state index contributed by atoms with van der Waals surface area (Å²) in [5, 5.41) is 12.8. The Morgan fingerprint density at radius 1 is 1.15 bits per heavy atom. The summed E-state index contributed by atoms with van der Waals surface area (Å²) in [6.07, 6.45) is 0. The van der Waals surface area contributed by atoms with Crippen LogP contribution in [0.2, 0.25) is 5.02 Å². The minimum Gasteiger partial charge on any atom is -0.488 e. The van der Waals surface area contributed by atoms with Gasteiger partial charge in [-0.15, -0.1) is 0 Å². The lowest BCUT2D eigenvalue weighted by atomic mass is 9.87. The molecule has 2 aromatic rings. The molecule has 3 rings (SSSR count). The number of quaternary nitrogens is 1. The number of fused-ring (bicyclic) bond motifs is 1. The summed E-state index contributed by atoms with van der Waals surface area (Å²) in [5.74, 6) is 0.480. The van der Waals surface area contributed by atoms with Crippen LogP contribution in [-0.4, -0.2) is 30.0 Å². The lowest BCUT2D eigenvalue weighted by Gasteiger charge is -2.19. The summed E-state index contributed by atoms with van der Waals surface area (Å²) in [4.78, 5) is 13.1. The molecule has 1 heterocycles. The molecule has 1 aliphatic heterocycles. The van der Waals surface area contributed by atoms with E-state index in [1.54, 1.807) is 18.2 Å². The van der Waals surface area contributed by atoms with E-state index >= 15 is 0 Å². The van der Waals surface area contributed by atoms with Gasteiger partial charge < -0.3 is 9.94 Å². The lowest BCUT2D eigenvalue weighted by molar-refractivity contribution is -0.742. The number of nitrogens with zero attached hydrogens (tertiary/aromatic N) is 1. The van der Waals surface area contributed by atoms with Crippen LogP contribution in [0.4, 0.5) is 5.69 Å². The highest BCUT2D eigenvalue weighted by Gasteiger charge is 2.40. The number of hydrogen-bond acceptors (Lipinski definition) is 4. The maximum atomic E-state index is 12.5. The topological polar surface area (TPSA) is 63.3 Å². The summed E-state index contributed by atoms with van der Waals surface area (Å²) in [7, 11) is 0. The Hall–Kier alpha value is -2.37. The number of hydrogen-bond donors (Lipinski definition) is 2. The van der Waals surface area contributed by atoms with E-state index in [0.29, 0.717) is 28.6 Å². The number of amides is 1. The van der Waals surface area contributed by atoms with Crippen molar-refractivity contribution in [1.82, 2.24) is 0 Å². The van der Waals surface area contributed by atoms with E-state index in [4.69, 9.17) is 21.5 Å². The molecule has 0 saturated carbocycles. The summed E-state index contributed by atoms with van der Waals surface area (Å²) >= 11 is 5.99. The molecule has 6 heteroatoms. The summed E-state index contributed by atoms with van der Waals surface area (Å²) in [6, 6.07) is 13.1. The first-order valence-electron chi connectivity index (χ1n) is 8.47. The van der Waals surface area contributed by atoms with Crippen LogP contribution >= 0.6 is 11.6 Å². The molecule has 26 heavy (non-hydrogen) atoms. The average Bonchev–Trinajstić information content (AvgIpc) is 2.85. The lowest BCUT2D eigenvalue weighted by Crippen LogP contribution is -3.09. The molecule has 1 unspecified atom stereocenters. The Kier molecular flexibility index (Phi) is 5.03. The zero-order valence-electron chi connectivity index (χ0n) is 15.0. The highest BCUT2D eigenvalue weighted by Crippen LogP contribution is 2.24. The van der Waals surface area contributed by atoms with Crippen LogP contribution in [0.25, 0.3) is 0 Å². The molecule has 136 valence electrons. The first-order valence-corrected chi connectivity index (χ1v) is 8.85. The van der Waals surface area contributed by atoms with Crippen molar-refractivity contribution in [2.75, 3.05) is 13.2 Å². The first-order chi connectivity index (χ1) is 12.3. The SMILES string of the molecule is CC(C)(C)c1ccc(OCC[NH+]2C(=O)C(=NO)c3cc(Cl)ccc32)cc1. The van der Waals surface area contributed by atoms with Crippen LogP contribution in [0.1, 0.15) is 31.9 Å². The van der Waals surface area contributed by atoms with Gasteiger partial charge in [0.15, 0.2) is 0 Å². The largest absolute Gasteiger partial charge is 0.488 e. The number of nitrogens with one attached hydrogen (secondary N) is 1. The van der Waals surface area contributed by atoms with Gasteiger partial charge in [-0.1, -0.05) is 49.7 Å². The molecule has 0 saturated heterocycles. The van der Waals surface area contributed by atoms with E-state index < -0.39 is 0 Å². The van der Waals surface area contributed by atoms with Crippen LogP contribution in [0.15, 0.2) is 47.6 Å². The van der Waals surface area contributed by atoms with Crippen molar-refractivity contribution < 1.29 is 19.6 Å². The van der Waals surface area contributed by atoms with E-state index in [0.717, 1.165) is 11.4 Å². The third-order valence-electron chi connectivity index (χ3n) is 4.49. The van der Waals surface area contributed by atoms with Crippen LogP contribution < -0.4 is 9.64 Å². The molecule has 1 amide bonds. The normalized spacial score (nSPS) is 18.2. The molecule has 0 fully saturated rings. The summed E-state index contributed by atoms with van der Waals surface area (Å²) < 4.78 is 5.79. The molecule has 0 aliphatic carbocycles. The van der Waals surface area contributed by atoms with E-state index in [2.05, 4.69) is 38.1 Å². The molecule has 0 aromatic heterocycles. The number of carbonyl (C=O) groups is 1. The van der Waals surface area contributed by atoms with Crippen molar-refractivity contribution in [2.45, 2.75) is 26.2 Å². The molecule has 5 nitrogen and oxygen atoms in total. The fraction of sp³-hybridized carbons (Fsp3) is 0.300. The molecule has 1 aliphatic rings. The molecule has 1 atom stereocenters. The second-order valence-corrected chi connectivity index (χ2v) is 7.76. The van der Waals surface area contributed by atoms with Crippen molar-refractivity contribution >= 4 is 28.9 Å². The van der Waals surface area contributed by atoms with Gasteiger partial charge in [-0.25, -0.2) is 9.69 Å². The zero-order valence-corrected chi connectivity index (χ0v) is 15.8. The zero-order chi connectivity index (χ0) is 18.9. The van der Waals surface area contributed by atoms with E-state index in [-0.39, 0.29) is 17.0 Å². The van der Waals surface area contributed by atoms with Gasteiger partial charge in [-0.3, -0.25) is 0 Å². The Morgan fingerprint density at radius 3 is 2.46 bits per heavy atom. The van der Waals surface area contributed by atoms with Gasteiger partial charge in [0.05, 0.1) is 5.56 Å². The standard InChI is InChI=1S/C20H21ClN2O3/c1-20(2,3)13-4-7-15(8-5-13)26-11-10-23-17-9-6-14(21)12-16(17)18(22-25)19(23)24/h4-9,12,25H,10-11H2,1-3H3/p+1. The Bertz CT molecular complexity index is 854. The van der Waals surface area contributed by atoms with Gasteiger partial charge in [0.2, 0.25) is 5.71 Å². The van der Waals surface area contributed by atoms with Crippen molar-refractivity contribution in [1.29, 1.82) is 0 Å². The quantitative estimate of drug-likeness (QED) is 0.639. The molecular formula is C20H22ClN2O3+. The molecule has 2 N–H and O–H groups in total. The van der Waals surface area contributed by atoms with Gasteiger partial charge in [0.1, 0.15) is 24.6 Å². The van der Waals surface area contributed by atoms with Crippen molar-refractivity contribution in [3.8, 4) is 5.75 Å². The maximum absolute atomic E-state index is 12.5. The molecule has 0 radical (unpaired) electrons.